The van der Waals surface area contributed by atoms with Crippen molar-refractivity contribution in [1.82, 2.24) is 9.88 Å². The summed E-state index contributed by atoms with van der Waals surface area (Å²) in [6.07, 6.45) is 6.33. The molecule has 0 aliphatic rings. The maximum Gasteiger partial charge on any atom is 0.0637 e. The van der Waals surface area contributed by atoms with Crippen molar-refractivity contribution in [2.45, 2.75) is 12.8 Å². The van der Waals surface area contributed by atoms with Gasteiger partial charge in [0, 0.05) is 28.2 Å². The maximum atomic E-state index is 4.59. The third-order valence-corrected chi connectivity index (χ3v) is 4.49. The van der Waals surface area contributed by atoms with E-state index >= 15 is 0 Å². The van der Waals surface area contributed by atoms with E-state index in [0.717, 1.165) is 18.7 Å². The Balaban J connectivity index is 1.78. The predicted molar refractivity (Wildman–Crippen MR) is 96.7 cm³/mol. The van der Waals surface area contributed by atoms with Crippen LogP contribution in [0.25, 0.3) is 10.9 Å². The lowest BCUT2D eigenvalue weighted by molar-refractivity contribution is 0.400. The number of aromatic amines is 1. The van der Waals surface area contributed by atoms with E-state index in [9.17, 15) is 0 Å². The summed E-state index contributed by atoms with van der Waals surface area (Å²) in [7, 11) is 4.24. The van der Waals surface area contributed by atoms with Crippen LogP contribution in [-0.2, 0) is 6.42 Å². The summed E-state index contributed by atoms with van der Waals surface area (Å²) in [4.78, 5) is 11.4. The first-order chi connectivity index (χ1) is 10.7. The lowest BCUT2D eigenvalue weighted by Gasteiger charge is -2.08. The Morgan fingerprint density at radius 3 is 2.95 bits per heavy atom. The molecule has 2 aromatic heterocycles. The van der Waals surface area contributed by atoms with Crippen molar-refractivity contribution in [2.75, 3.05) is 20.6 Å². The van der Waals surface area contributed by atoms with E-state index < -0.39 is 0 Å². The quantitative estimate of drug-likeness (QED) is 0.669. The number of H-pyrrole nitrogens is 1. The van der Waals surface area contributed by atoms with Crippen LogP contribution in [0.1, 0.15) is 16.9 Å². The van der Waals surface area contributed by atoms with Crippen molar-refractivity contribution in [1.29, 1.82) is 0 Å². The van der Waals surface area contributed by atoms with Crippen molar-refractivity contribution >= 4 is 34.1 Å². The molecule has 1 aromatic carbocycles. The van der Waals surface area contributed by atoms with E-state index in [-0.39, 0.29) is 0 Å². The molecule has 0 saturated carbocycles. The smallest absolute Gasteiger partial charge is 0.0637 e. The molecule has 114 valence electrons. The molecular weight excluding hydrogens is 290 g/mol. The van der Waals surface area contributed by atoms with Crippen LogP contribution in [0, 0.1) is 0 Å². The molecule has 22 heavy (non-hydrogen) atoms. The number of nitrogens with zero attached hydrogens (tertiary/aromatic N) is 2. The second-order valence-corrected chi connectivity index (χ2v) is 6.70. The highest BCUT2D eigenvalue weighted by Crippen LogP contribution is 2.25. The van der Waals surface area contributed by atoms with Crippen LogP contribution >= 0.6 is 11.3 Å². The number of benzene rings is 1. The zero-order valence-electron chi connectivity index (χ0n) is 13.0. The second-order valence-electron chi connectivity index (χ2n) is 5.72. The summed E-state index contributed by atoms with van der Waals surface area (Å²) in [6, 6.07) is 10.5. The molecule has 1 N–H and O–H groups in total. The zero-order chi connectivity index (χ0) is 15.4. The minimum atomic E-state index is 1.01. The Kier molecular flexibility index (Phi) is 4.71. The van der Waals surface area contributed by atoms with E-state index in [1.54, 1.807) is 11.3 Å². The molecule has 0 saturated heterocycles. The minimum Gasteiger partial charge on any atom is -0.361 e. The van der Waals surface area contributed by atoms with Crippen molar-refractivity contribution in [3.8, 4) is 0 Å². The Hall–Kier alpha value is -1.91. The lowest BCUT2D eigenvalue weighted by Crippen LogP contribution is -2.13. The first-order valence-electron chi connectivity index (χ1n) is 7.55. The Bertz CT molecular complexity index is 754. The van der Waals surface area contributed by atoms with Gasteiger partial charge < -0.3 is 9.88 Å². The van der Waals surface area contributed by atoms with Crippen molar-refractivity contribution in [3.05, 3.63) is 52.3 Å². The van der Waals surface area contributed by atoms with Gasteiger partial charge in [-0.05, 0) is 68.7 Å². The summed E-state index contributed by atoms with van der Waals surface area (Å²) in [5, 5.41) is 3.36. The Morgan fingerprint density at radius 2 is 2.18 bits per heavy atom. The van der Waals surface area contributed by atoms with Gasteiger partial charge in [0.1, 0.15) is 0 Å². The van der Waals surface area contributed by atoms with E-state index in [1.165, 1.54) is 27.8 Å². The number of fused-ring (bicyclic) bond motifs is 1. The average Bonchev–Trinajstić information content (AvgIpc) is 3.14. The van der Waals surface area contributed by atoms with Gasteiger partial charge in [-0.3, -0.25) is 4.99 Å². The summed E-state index contributed by atoms with van der Waals surface area (Å²) < 4.78 is 0. The molecular formula is C18H21N3S. The van der Waals surface area contributed by atoms with Crippen LogP contribution in [0.2, 0.25) is 0 Å². The molecule has 0 spiro atoms. The first kappa shape index (κ1) is 15.0. The lowest BCUT2D eigenvalue weighted by atomic mass is 10.1. The van der Waals surface area contributed by atoms with E-state index in [4.69, 9.17) is 0 Å². The number of thiophene rings is 1. The van der Waals surface area contributed by atoms with Crippen LogP contribution in [0.15, 0.2) is 46.9 Å². The molecule has 3 aromatic rings. The number of aryl methyl sites for hydroxylation is 1. The van der Waals surface area contributed by atoms with E-state index in [0.29, 0.717) is 0 Å². The molecule has 0 amide bonds. The Labute approximate surface area is 135 Å². The van der Waals surface area contributed by atoms with Crippen molar-refractivity contribution < 1.29 is 0 Å². The normalized spacial score (nSPS) is 12.0. The fraction of sp³-hybridized carbons (Fsp3) is 0.278. The molecule has 3 rings (SSSR count). The summed E-state index contributed by atoms with van der Waals surface area (Å²) in [6.45, 7) is 1.11. The van der Waals surface area contributed by atoms with Gasteiger partial charge in [-0.2, -0.15) is 0 Å². The number of aliphatic imine (C=N–C) groups is 1. The second kappa shape index (κ2) is 6.90. The van der Waals surface area contributed by atoms with E-state index in [1.807, 2.05) is 12.3 Å². The van der Waals surface area contributed by atoms with Crippen molar-refractivity contribution in [2.24, 2.45) is 4.99 Å². The number of hydrogen-bond donors (Lipinski definition) is 1. The highest BCUT2D eigenvalue weighted by atomic mass is 32.1. The van der Waals surface area contributed by atoms with Gasteiger partial charge >= 0.3 is 0 Å². The van der Waals surface area contributed by atoms with Gasteiger partial charge in [-0.15, -0.1) is 11.3 Å². The number of rotatable bonds is 6. The number of aromatic nitrogens is 1. The van der Waals surface area contributed by atoms with Gasteiger partial charge in [0.2, 0.25) is 0 Å². The predicted octanol–water partition coefficient (Wildman–Crippen LogP) is 4.47. The van der Waals surface area contributed by atoms with Crippen LogP contribution in [0.3, 0.4) is 0 Å². The van der Waals surface area contributed by atoms with Crippen LogP contribution in [-0.4, -0.2) is 36.7 Å². The summed E-state index contributed by atoms with van der Waals surface area (Å²) in [5.41, 5.74) is 3.58. The summed E-state index contributed by atoms with van der Waals surface area (Å²) in [5.74, 6) is 0. The first-order valence-corrected chi connectivity index (χ1v) is 8.42. The molecule has 0 bridgehead atoms. The maximum absolute atomic E-state index is 4.59. The van der Waals surface area contributed by atoms with Gasteiger partial charge in [0.15, 0.2) is 0 Å². The highest BCUT2D eigenvalue weighted by molar-refractivity contribution is 7.11. The van der Waals surface area contributed by atoms with Crippen LogP contribution in [0.4, 0.5) is 5.69 Å². The monoisotopic (exact) mass is 311 g/mol. The molecule has 4 heteroatoms. The number of hydrogen-bond acceptors (Lipinski definition) is 3. The van der Waals surface area contributed by atoms with Gasteiger partial charge in [-0.1, -0.05) is 6.07 Å². The molecule has 0 atom stereocenters. The molecule has 0 radical (unpaired) electrons. The average molecular weight is 311 g/mol. The summed E-state index contributed by atoms with van der Waals surface area (Å²) >= 11 is 1.70. The molecule has 2 heterocycles. The number of nitrogens with one attached hydrogen (secondary N) is 1. The fourth-order valence-electron chi connectivity index (χ4n) is 2.54. The van der Waals surface area contributed by atoms with Gasteiger partial charge in [-0.25, -0.2) is 0 Å². The standard InChI is InChI=1S/C18H21N3S/c1-21(2)9-3-5-14-12-20-18-8-7-15(11-17(14)18)19-13-16-6-4-10-22-16/h4,6-8,10-13,20H,3,5,9H2,1-2H3. The third kappa shape index (κ3) is 3.64. The van der Waals surface area contributed by atoms with E-state index in [2.05, 4.69) is 64.8 Å². The minimum absolute atomic E-state index is 1.01. The van der Waals surface area contributed by atoms with Crippen molar-refractivity contribution in [3.63, 3.8) is 0 Å². The largest absolute Gasteiger partial charge is 0.361 e. The molecule has 3 nitrogen and oxygen atoms in total. The topological polar surface area (TPSA) is 31.4 Å². The van der Waals surface area contributed by atoms with Gasteiger partial charge in [0.25, 0.3) is 0 Å². The van der Waals surface area contributed by atoms with Gasteiger partial charge in [0.05, 0.1) is 5.69 Å². The Morgan fingerprint density at radius 1 is 1.27 bits per heavy atom. The fourth-order valence-corrected chi connectivity index (χ4v) is 3.13. The zero-order valence-corrected chi connectivity index (χ0v) is 13.9. The van der Waals surface area contributed by atoms with Crippen LogP contribution in [0.5, 0.6) is 0 Å². The molecule has 0 fully saturated rings. The molecule has 0 aliphatic heterocycles. The highest BCUT2D eigenvalue weighted by Gasteiger charge is 2.04. The molecule has 0 unspecified atom stereocenters. The third-order valence-electron chi connectivity index (χ3n) is 3.69. The van der Waals surface area contributed by atoms with Crippen LogP contribution < -0.4 is 0 Å². The SMILES string of the molecule is CN(C)CCCc1c[nH]c2ccc(N=Cc3cccs3)cc12. The molecule has 0 aliphatic carbocycles.